The minimum absolute atomic E-state index is 0.0431. The van der Waals surface area contributed by atoms with E-state index in [9.17, 15) is 4.79 Å². The number of fused-ring (bicyclic) bond motifs is 1. The first-order valence-corrected chi connectivity index (χ1v) is 10.2. The number of ether oxygens (including phenoxy) is 1. The lowest BCUT2D eigenvalue weighted by Gasteiger charge is -2.32. The van der Waals surface area contributed by atoms with Crippen molar-refractivity contribution >= 4 is 43.4 Å². The smallest absolute Gasteiger partial charge is 0.255 e. The highest BCUT2D eigenvalue weighted by Crippen LogP contribution is 2.34. The third-order valence-corrected chi connectivity index (χ3v) is 6.66. The highest BCUT2D eigenvalue weighted by Gasteiger charge is 2.28. The summed E-state index contributed by atoms with van der Waals surface area (Å²) in [5.41, 5.74) is 1.70. The fraction of sp³-hybridized carbons (Fsp3) is 0.300. The first kappa shape index (κ1) is 17.5. The molecule has 0 bridgehead atoms. The zero-order valence-electron chi connectivity index (χ0n) is 14.4. The summed E-state index contributed by atoms with van der Waals surface area (Å²) in [5.74, 6) is 1.03. The van der Waals surface area contributed by atoms with Gasteiger partial charge in [0.25, 0.3) is 5.91 Å². The van der Waals surface area contributed by atoms with Crippen LogP contribution in [-0.2, 0) is 0 Å². The summed E-state index contributed by atoms with van der Waals surface area (Å²) in [6, 6.07) is 13.7. The Morgan fingerprint density at radius 3 is 2.96 bits per heavy atom. The molecule has 0 saturated carbocycles. The Balaban J connectivity index is 1.57. The van der Waals surface area contributed by atoms with Gasteiger partial charge in [-0.2, -0.15) is 0 Å². The van der Waals surface area contributed by atoms with Crippen molar-refractivity contribution in [2.75, 3.05) is 20.2 Å². The summed E-state index contributed by atoms with van der Waals surface area (Å²) in [6.07, 6.45) is 2.07. The molecular weight excluding hydrogens is 412 g/mol. The van der Waals surface area contributed by atoms with E-state index in [1.807, 2.05) is 29.2 Å². The summed E-state index contributed by atoms with van der Waals surface area (Å²) in [4.78, 5) is 19.8. The minimum atomic E-state index is 0.0431. The molecular formula is C20H19BrN2O2S. The normalized spacial score (nSPS) is 17.5. The maximum atomic E-state index is 13.1. The first-order chi connectivity index (χ1) is 12.7. The lowest BCUT2D eigenvalue weighted by molar-refractivity contribution is 0.0706. The van der Waals surface area contributed by atoms with E-state index < -0.39 is 0 Å². The quantitative estimate of drug-likeness (QED) is 0.581. The van der Waals surface area contributed by atoms with Crippen LogP contribution in [0.4, 0.5) is 0 Å². The van der Waals surface area contributed by atoms with Crippen LogP contribution < -0.4 is 4.74 Å². The summed E-state index contributed by atoms with van der Waals surface area (Å²) in [5, 5.41) is 1.13. The monoisotopic (exact) mass is 430 g/mol. The van der Waals surface area contributed by atoms with E-state index in [4.69, 9.17) is 9.72 Å². The van der Waals surface area contributed by atoms with Crippen LogP contribution in [0.5, 0.6) is 5.75 Å². The topological polar surface area (TPSA) is 42.4 Å². The van der Waals surface area contributed by atoms with Gasteiger partial charge >= 0.3 is 0 Å². The second-order valence-electron chi connectivity index (χ2n) is 6.46. The van der Waals surface area contributed by atoms with Crippen molar-refractivity contribution in [2.24, 2.45) is 0 Å². The highest BCUT2D eigenvalue weighted by molar-refractivity contribution is 9.10. The Hall–Kier alpha value is -1.92. The van der Waals surface area contributed by atoms with Crippen molar-refractivity contribution in [3.8, 4) is 5.75 Å². The summed E-state index contributed by atoms with van der Waals surface area (Å²) in [6.45, 7) is 1.49. The van der Waals surface area contributed by atoms with Gasteiger partial charge in [0, 0.05) is 23.5 Å². The van der Waals surface area contributed by atoms with Crippen molar-refractivity contribution in [2.45, 2.75) is 18.8 Å². The molecule has 0 spiro atoms. The van der Waals surface area contributed by atoms with Gasteiger partial charge in [-0.1, -0.05) is 12.1 Å². The molecule has 134 valence electrons. The van der Waals surface area contributed by atoms with Gasteiger partial charge in [-0.15, -0.1) is 11.3 Å². The average molecular weight is 431 g/mol. The largest absolute Gasteiger partial charge is 0.497 e. The van der Waals surface area contributed by atoms with Crippen molar-refractivity contribution in [3.05, 3.63) is 57.5 Å². The van der Waals surface area contributed by atoms with E-state index in [2.05, 4.69) is 28.1 Å². The van der Waals surface area contributed by atoms with Gasteiger partial charge in [-0.05, 0) is 59.1 Å². The van der Waals surface area contributed by atoms with Crippen molar-refractivity contribution in [3.63, 3.8) is 0 Å². The number of likely N-dealkylation sites (tertiary alicyclic amines) is 1. The molecule has 0 aliphatic carbocycles. The van der Waals surface area contributed by atoms with Crippen molar-refractivity contribution in [1.29, 1.82) is 0 Å². The zero-order valence-corrected chi connectivity index (χ0v) is 16.8. The molecule has 4 rings (SSSR count). The van der Waals surface area contributed by atoms with Gasteiger partial charge in [0.05, 0.1) is 27.9 Å². The van der Waals surface area contributed by atoms with Gasteiger partial charge < -0.3 is 9.64 Å². The number of carbonyl (C=O) groups excluding carboxylic acids is 1. The lowest BCUT2D eigenvalue weighted by Crippen LogP contribution is -2.39. The molecule has 1 atom stereocenters. The molecule has 2 aromatic carbocycles. The Morgan fingerprint density at radius 2 is 2.15 bits per heavy atom. The molecule has 0 N–H and O–H groups in total. The Bertz CT molecular complexity index is 923. The zero-order chi connectivity index (χ0) is 18.1. The number of halogens is 1. The van der Waals surface area contributed by atoms with Crippen LogP contribution in [0.3, 0.4) is 0 Å². The number of thiazole rings is 1. The third kappa shape index (κ3) is 3.35. The number of amides is 1. The predicted octanol–water partition coefficient (Wildman–Crippen LogP) is 5.09. The van der Waals surface area contributed by atoms with Gasteiger partial charge in [0.15, 0.2) is 0 Å². The van der Waals surface area contributed by atoms with Crippen LogP contribution in [0, 0.1) is 0 Å². The maximum absolute atomic E-state index is 13.1. The summed E-state index contributed by atoms with van der Waals surface area (Å²) < 4.78 is 7.28. The number of rotatable bonds is 3. The summed E-state index contributed by atoms with van der Waals surface area (Å²) >= 11 is 5.24. The van der Waals surface area contributed by atoms with Crippen LogP contribution in [0.25, 0.3) is 10.2 Å². The molecule has 3 aromatic rings. The SMILES string of the molecule is COc1ccc(Br)c(C(=O)N2CCCC(c3nc4ccccc4s3)C2)c1. The molecule has 2 heterocycles. The predicted molar refractivity (Wildman–Crippen MR) is 108 cm³/mol. The van der Waals surface area contributed by atoms with Crippen LogP contribution in [0.2, 0.25) is 0 Å². The van der Waals surface area contributed by atoms with E-state index in [0.717, 1.165) is 34.4 Å². The number of aromatic nitrogens is 1. The molecule has 1 fully saturated rings. The molecule has 1 amide bonds. The van der Waals surface area contributed by atoms with E-state index >= 15 is 0 Å². The molecule has 0 radical (unpaired) electrons. The number of carbonyl (C=O) groups is 1. The van der Waals surface area contributed by atoms with Gasteiger partial charge in [0.2, 0.25) is 0 Å². The fourth-order valence-corrected chi connectivity index (χ4v) is 4.90. The summed E-state index contributed by atoms with van der Waals surface area (Å²) in [7, 11) is 1.61. The number of nitrogens with zero attached hydrogens (tertiary/aromatic N) is 2. The van der Waals surface area contributed by atoms with Gasteiger partial charge in [0.1, 0.15) is 5.75 Å². The fourth-order valence-electron chi connectivity index (χ4n) is 3.39. The Morgan fingerprint density at radius 1 is 1.31 bits per heavy atom. The number of benzene rings is 2. The molecule has 6 heteroatoms. The second kappa shape index (κ2) is 7.37. The van der Waals surface area contributed by atoms with Crippen LogP contribution in [-0.4, -0.2) is 36.0 Å². The van der Waals surface area contributed by atoms with Crippen molar-refractivity contribution < 1.29 is 9.53 Å². The molecule has 26 heavy (non-hydrogen) atoms. The Kier molecular flexibility index (Phi) is 4.96. The number of para-hydroxylation sites is 1. The lowest BCUT2D eigenvalue weighted by atomic mass is 9.98. The molecule has 1 aliphatic rings. The number of piperidine rings is 1. The average Bonchev–Trinajstić information content (AvgIpc) is 3.12. The van der Waals surface area contributed by atoms with E-state index in [0.29, 0.717) is 23.8 Å². The maximum Gasteiger partial charge on any atom is 0.255 e. The highest BCUT2D eigenvalue weighted by atomic mass is 79.9. The van der Waals surface area contributed by atoms with E-state index in [1.165, 1.54) is 4.70 Å². The van der Waals surface area contributed by atoms with Gasteiger partial charge in [-0.25, -0.2) is 4.98 Å². The minimum Gasteiger partial charge on any atom is -0.497 e. The van der Waals surface area contributed by atoms with Gasteiger partial charge in [-0.3, -0.25) is 4.79 Å². The number of hydrogen-bond donors (Lipinski definition) is 0. The Labute approximate surface area is 164 Å². The van der Waals surface area contributed by atoms with Crippen molar-refractivity contribution in [1.82, 2.24) is 9.88 Å². The molecule has 1 aliphatic heterocycles. The number of hydrogen-bond acceptors (Lipinski definition) is 4. The number of methoxy groups -OCH3 is 1. The molecule has 1 aromatic heterocycles. The third-order valence-electron chi connectivity index (χ3n) is 4.77. The van der Waals surface area contributed by atoms with E-state index in [-0.39, 0.29) is 5.91 Å². The van der Waals surface area contributed by atoms with Crippen LogP contribution in [0.15, 0.2) is 46.9 Å². The first-order valence-electron chi connectivity index (χ1n) is 8.64. The molecule has 4 nitrogen and oxygen atoms in total. The second-order valence-corrected chi connectivity index (χ2v) is 8.37. The molecule has 1 unspecified atom stereocenters. The van der Waals surface area contributed by atoms with Crippen LogP contribution >= 0.6 is 27.3 Å². The van der Waals surface area contributed by atoms with E-state index in [1.54, 1.807) is 24.5 Å². The molecule has 1 saturated heterocycles. The standard InChI is InChI=1S/C20H19BrN2O2S/c1-25-14-8-9-16(21)15(11-14)20(24)23-10-4-5-13(12-23)19-22-17-6-2-3-7-18(17)26-19/h2-3,6-9,11,13H,4-5,10,12H2,1H3. The van der Waals surface area contributed by atoms with Crippen LogP contribution in [0.1, 0.15) is 34.1 Å².